The first-order chi connectivity index (χ1) is 21.4. The number of benzene rings is 3. The Balaban J connectivity index is 1.51. The highest BCUT2D eigenvalue weighted by molar-refractivity contribution is 5.81. The van der Waals surface area contributed by atoms with Gasteiger partial charge < -0.3 is 44.0 Å². The molecule has 236 valence electrons. The van der Waals surface area contributed by atoms with Crippen molar-refractivity contribution in [3.05, 3.63) is 108 Å². The molecule has 1 fully saturated rings. The summed E-state index contributed by atoms with van der Waals surface area (Å²) < 4.78 is 34.7. The molecule has 1 aliphatic heterocycles. The van der Waals surface area contributed by atoms with E-state index >= 15 is 0 Å². The maximum atomic E-state index is 12.7. The number of alkyl carbamates (subject to hydrolysis) is 1. The maximum Gasteiger partial charge on any atom is 0.408 e. The number of amides is 1. The van der Waals surface area contributed by atoms with Gasteiger partial charge in [-0.1, -0.05) is 91.0 Å². The van der Waals surface area contributed by atoms with Crippen molar-refractivity contribution < 1.29 is 48.2 Å². The summed E-state index contributed by atoms with van der Waals surface area (Å²) in [5, 5.41) is 23.7. The van der Waals surface area contributed by atoms with Crippen LogP contribution in [-0.2, 0) is 53.0 Å². The summed E-state index contributed by atoms with van der Waals surface area (Å²) in [6, 6.07) is 26.6. The van der Waals surface area contributed by atoms with Crippen molar-refractivity contribution in [2.24, 2.45) is 0 Å². The third kappa shape index (κ3) is 9.33. The molecule has 0 spiro atoms. The zero-order chi connectivity index (χ0) is 31.3. The molecule has 0 radical (unpaired) electrons. The molecular weight excluding hydrogens is 570 g/mol. The number of hydrogen-bond acceptors (Lipinski definition) is 10. The minimum Gasteiger partial charge on any atom is -0.467 e. The Labute approximate surface area is 256 Å². The highest BCUT2D eigenvalue weighted by atomic mass is 16.7. The zero-order valence-corrected chi connectivity index (χ0v) is 24.7. The van der Waals surface area contributed by atoms with Crippen LogP contribution in [0.4, 0.5) is 4.79 Å². The van der Waals surface area contributed by atoms with Crippen LogP contribution in [0.3, 0.4) is 0 Å². The number of nitrogens with one attached hydrogen (secondary N) is 1. The van der Waals surface area contributed by atoms with E-state index in [-0.39, 0.29) is 19.8 Å². The van der Waals surface area contributed by atoms with Crippen LogP contribution in [0.5, 0.6) is 0 Å². The maximum absolute atomic E-state index is 12.7. The number of methoxy groups -OCH3 is 1. The molecule has 0 bridgehead atoms. The largest absolute Gasteiger partial charge is 0.467 e. The number of rotatable bonds is 14. The second kappa shape index (κ2) is 16.9. The van der Waals surface area contributed by atoms with Gasteiger partial charge in [-0.25, -0.2) is 9.59 Å². The summed E-state index contributed by atoms with van der Waals surface area (Å²) in [7, 11) is 1.19. The third-order valence-corrected chi connectivity index (χ3v) is 7.13. The second-order valence-electron chi connectivity index (χ2n) is 10.3. The summed E-state index contributed by atoms with van der Waals surface area (Å²) in [6.07, 6.45) is -7.42. The predicted octanol–water partition coefficient (Wildman–Crippen LogP) is 3.11. The van der Waals surface area contributed by atoms with E-state index < -0.39 is 61.5 Å². The molecule has 11 nitrogen and oxygen atoms in total. The lowest BCUT2D eigenvalue weighted by Gasteiger charge is -2.44. The van der Waals surface area contributed by atoms with Crippen molar-refractivity contribution in [2.75, 3.05) is 13.7 Å². The van der Waals surface area contributed by atoms with E-state index in [1.807, 2.05) is 78.9 Å². The number of aliphatic hydroxyl groups is 2. The molecule has 44 heavy (non-hydrogen) atoms. The Morgan fingerprint density at radius 3 is 1.82 bits per heavy atom. The van der Waals surface area contributed by atoms with Crippen molar-refractivity contribution in [3.8, 4) is 0 Å². The van der Waals surface area contributed by atoms with E-state index in [1.165, 1.54) is 7.11 Å². The summed E-state index contributed by atoms with van der Waals surface area (Å²) in [5.41, 5.74) is 2.49. The fraction of sp³-hybridized carbons (Fsp3) is 0.394. The van der Waals surface area contributed by atoms with Gasteiger partial charge in [-0.3, -0.25) is 0 Å². The van der Waals surface area contributed by atoms with Crippen LogP contribution in [0.2, 0.25) is 0 Å². The number of ether oxygens (including phenoxy) is 6. The lowest BCUT2D eigenvalue weighted by molar-refractivity contribution is -0.328. The zero-order valence-electron chi connectivity index (χ0n) is 24.7. The fourth-order valence-corrected chi connectivity index (χ4v) is 4.73. The summed E-state index contributed by atoms with van der Waals surface area (Å²) >= 11 is 0. The van der Waals surface area contributed by atoms with Crippen LogP contribution >= 0.6 is 0 Å². The smallest absolute Gasteiger partial charge is 0.408 e. The molecule has 7 atom stereocenters. The fourth-order valence-electron chi connectivity index (χ4n) is 4.73. The Morgan fingerprint density at radius 2 is 1.32 bits per heavy atom. The molecule has 1 saturated heterocycles. The standard InChI is InChI=1S/C33H39NO10/c1-22(27(31(37)39-2)34-33(38)42-21-25-16-10-5-11-17-25)43-32-30(41-20-24-14-8-4-9-15-24)29(28(36)26(18-35)44-32)40-19-23-12-6-3-7-13-23/h3-17,22,26-30,32,35-36H,18-21H2,1-2H3,(H,34,38)/t22?,26?,27-,28+,29+,30?,32+/m0/s1. The molecule has 0 aliphatic carbocycles. The number of esters is 1. The number of aliphatic hydroxyl groups excluding tert-OH is 2. The number of hydrogen-bond donors (Lipinski definition) is 3. The molecule has 3 unspecified atom stereocenters. The van der Waals surface area contributed by atoms with Gasteiger partial charge in [0.25, 0.3) is 0 Å². The van der Waals surface area contributed by atoms with Gasteiger partial charge in [-0.05, 0) is 23.6 Å². The first-order valence-corrected chi connectivity index (χ1v) is 14.4. The van der Waals surface area contributed by atoms with Crippen molar-refractivity contribution in [1.82, 2.24) is 5.32 Å². The van der Waals surface area contributed by atoms with Crippen molar-refractivity contribution in [2.45, 2.75) is 69.6 Å². The summed E-state index contributed by atoms with van der Waals surface area (Å²) in [6.45, 7) is 1.29. The van der Waals surface area contributed by atoms with Crippen molar-refractivity contribution in [3.63, 3.8) is 0 Å². The van der Waals surface area contributed by atoms with Crippen LogP contribution in [0, 0.1) is 0 Å². The minimum atomic E-state index is -1.29. The normalized spacial score (nSPS) is 22.9. The second-order valence-corrected chi connectivity index (χ2v) is 10.3. The molecule has 11 heteroatoms. The molecule has 3 aromatic rings. The first-order valence-electron chi connectivity index (χ1n) is 14.4. The summed E-state index contributed by atoms with van der Waals surface area (Å²) in [4.78, 5) is 25.4. The van der Waals surface area contributed by atoms with Gasteiger partial charge in [-0.2, -0.15) is 0 Å². The Hall–Kier alpha value is -3.84. The molecule has 0 saturated carbocycles. The topological polar surface area (TPSA) is 142 Å². The quantitative estimate of drug-likeness (QED) is 0.234. The Morgan fingerprint density at radius 1 is 0.818 bits per heavy atom. The van der Waals surface area contributed by atoms with Crippen LogP contribution in [0.1, 0.15) is 23.6 Å². The molecule has 1 aliphatic rings. The van der Waals surface area contributed by atoms with E-state index in [9.17, 15) is 19.8 Å². The van der Waals surface area contributed by atoms with Gasteiger partial charge in [0.05, 0.1) is 33.0 Å². The molecule has 3 N–H and O–H groups in total. The van der Waals surface area contributed by atoms with Crippen LogP contribution in [-0.4, -0.2) is 78.8 Å². The van der Waals surface area contributed by atoms with Crippen LogP contribution in [0.15, 0.2) is 91.0 Å². The minimum absolute atomic E-state index is 0.00651. The molecule has 0 aromatic heterocycles. The van der Waals surface area contributed by atoms with Gasteiger partial charge in [0.2, 0.25) is 0 Å². The van der Waals surface area contributed by atoms with E-state index in [4.69, 9.17) is 28.4 Å². The number of carbonyl (C=O) groups excluding carboxylic acids is 2. The lowest BCUT2D eigenvalue weighted by Crippen LogP contribution is -2.62. The molecule has 1 amide bonds. The summed E-state index contributed by atoms with van der Waals surface area (Å²) in [5.74, 6) is -0.776. The molecule has 1 heterocycles. The average molecular weight is 610 g/mol. The van der Waals surface area contributed by atoms with Gasteiger partial charge >= 0.3 is 12.1 Å². The van der Waals surface area contributed by atoms with Gasteiger partial charge in [0.1, 0.15) is 31.0 Å². The highest BCUT2D eigenvalue weighted by Crippen LogP contribution is 2.29. The molecule has 4 rings (SSSR count). The lowest BCUT2D eigenvalue weighted by atomic mass is 9.98. The third-order valence-electron chi connectivity index (χ3n) is 7.13. The van der Waals surface area contributed by atoms with Crippen LogP contribution in [0.25, 0.3) is 0 Å². The van der Waals surface area contributed by atoms with E-state index in [1.54, 1.807) is 19.1 Å². The predicted molar refractivity (Wildman–Crippen MR) is 158 cm³/mol. The van der Waals surface area contributed by atoms with E-state index in [0.29, 0.717) is 0 Å². The monoisotopic (exact) mass is 609 g/mol. The SMILES string of the molecule is COC(=O)[C@@H](NC(=O)OCc1ccccc1)C(C)O[C@@H]1OC(CO)[C@@H](O)[C@@H](OCc2ccccc2)C1OCc1ccccc1. The number of carbonyl (C=O) groups is 2. The van der Waals surface area contributed by atoms with Gasteiger partial charge in [-0.15, -0.1) is 0 Å². The first kappa shape index (κ1) is 33.1. The molecule has 3 aromatic carbocycles. The van der Waals surface area contributed by atoms with Crippen LogP contribution < -0.4 is 5.32 Å². The molecular formula is C33H39NO10. The van der Waals surface area contributed by atoms with Crippen molar-refractivity contribution >= 4 is 12.1 Å². The average Bonchev–Trinajstić information content (AvgIpc) is 3.06. The van der Waals surface area contributed by atoms with E-state index in [2.05, 4.69) is 5.32 Å². The van der Waals surface area contributed by atoms with Gasteiger partial charge in [0, 0.05) is 0 Å². The van der Waals surface area contributed by atoms with Crippen molar-refractivity contribution in [1.29, 1.82) is 0 Å². The Bertz CT molecular complexity index is 1280. The van der Waals surface area contributed by atoms with E-state index in [0.717, 1.165) is 16.7 Å². The highest BCUT2D eigenvalue weighted by Gasteiger charge is 2.48. The van der Waals surface area contributed by atoms with Gasteiger partial charge in [0.15, 0.2) is 12.3 Å². The Kier molecular flexibility index (Phi) is 12.7.